The van der Waals surface area contributed by atoms with Gasteiger partial charge >= 0.3 is 0 Å². The summed E-state index contributed by atoms with van der Waals surface area (Å²) in [6, 6.07) is 6.21. The van der Waals surface area contributed by atoms with Crippen molar-refractivity contribution in [2.75, 3.05) is 11.9 Å². The van der Waals surface area contributed by atoms with E-state index in [1.165, 1.54) is 22.5 Å². The third kappa shape index (κ3) is 3.32. The summed E-state index contributed by atoms with van der Waals surface area (Å²) in [7, 11) is -3.69. The number of halogens is 2. The molecule has 24 heavy (non-hydrogen) atoms. The third-order valence-electron chi connectivity index (χ3n) is 3.75. The zero-order chi connectivity index (χ0) is 17.3. The molecule has 0 aliphatic carbocycles. The van der Waals surface area contributed by atoms with E-state index >= 15 is 0 Å². The molecule has 1 fully saturated rings. The standard InChI is InChI=1S/C15H14ClFN2O3S2/c16-11-9-10(5-6-12(11)17)18-15(20)13-3-1-7-19(13)24(21,22)14-4-2-8-23-14/h2,4-6,8-9,13H,1,3,7H2,(H,18,20). The van der Waals surface area contributed by atoms with Crippen LogP contribution >= 0.6 is 22.9 Å². The van der Waals surface area contributed by atoms with E-state index in [1.807, 2.05) is 0 Å². The molecule has 0 saturated carbocycles. The van der Waals surface area contributed by atoms with Crippen molar-refractivity contribution in [2.24, 2.45) is 0 Å². The van der Waals surface area contributed by atoms with Crippen molar-refractivity contribution in [2.45, 2.75) is 23.1 Å². The number of carbonyl (C=O) groups excluding carboxylic acids is 1. The molecule has 1 N–H and O–H groups in total. The fourth-order valence-corrected chi connectivity index (χ4v) is 5.57. The zero-order valence-corrected chi connectivity index (χ0v) is 14.8. The minimum Gasteiger partial charge on any atom is -0.325 e. The molecule has 1 aromatic carbocycles. The molecule has 1 aliphatic heterocycles. The number of anilines is 1. The first-order valence-corrected chi connectivity index (χ1v) is 9.90. The Morgan fingerprint density at radius 2 is 2.17 bits per heavy atom. The monoisotopic (exact) mass is 388 g/mol. The summed E-state index contributed by atoms with van der Waals surface area (Å²) in [5.41, 5.74) is 0.326. The zero-order valence-electron chi connectivity index (χ0n) is 12.4. The van der Waals surface area contributed by atoms with Crippen LogP contribution in [0.3, 0.4) is 0 Å². The number of hydrogen-bond acceptors (Lipinski definition) is 4. The summed E-state index contributed by atoms with van der Waals surface area (Å²) in [6.45, 7) is 0.294. The summed E-state index contributed by atoms with van der Waals surface area (Å²) >= 11 is 6.81. The molecule has 1 amide bonds. The number of sulfonamides is 1. The minimum atomic E-state index is -3.69. The van der Waals surface area contributed by atoms with Crippen LogP contribution in [0, 0.1) is 5.82 Å². The van der Waals surface area contributed by atoms with E-state index in [0.717, 1.165) is 17.4 Å². The lowest BCUT2D eigenvalue weighted by Gasteiger charge is -2.22. The van der Waals surface area contributed by atoms with E-state index in [0.29, 0.717) is 25.1 Å². The Balaban J connectivity index is 1.80. The van der Waals surface area contributed by atoms with E-state index in [9.17, 15) is 17.6 Å². The molecule has 1 atom stereocenters. The summed E-state index contributed by atoms with van der Waals surface area (Å²) in [5.74, 6) is -1.03. The van der Waals surface area contributed by atoms with Gasteiger partial charge in [0.25, 0.3) is 10.0 Å². The number of nitrogens with one attached hydrogen (secondary N) is 1. The fraction of sp³-hybridized carbons (Fsp3) is 0.267. The topological polar surface area (TPSA) is 66.5 Å². The first-order chi connectivity index (χ1) is 11.4. The molecule has 0 spiro atoms. The van der Waals surface area contributed by atoms with E-state index in [1.54, 1.807) is 11.4 Å². The van der Waals surface area contributed by atoms with Gasteiger partial charge in [0, 0.05) is 12.2 Å². The first kappa shape index (κ1) is 17.3. The van der Waals surface area contributed by atoms with Gasteiger partial charge in [-0.15, -0.1) is 11.3 Å². The molecular weight excluding hydrogens is 375 g/mol. The normalized spacial score (nSPS) is 18.7. The van der Waals surface area contributed by atoms with Gasteiger partial charge in [-0.05, 0) is 42.5 Å². The van der Waals surface area contributed by atoms with E-state index in [4.69, 9.17) is 11.6 Å². The van der Waals surface area contributed by atoms with Gasteiger partial charge in [0.1, 0.15) is 16.1 Å². The van der Waals surface area contributed by atoms with Crippen LogP contribution in [0.2, 0.25) is 5.02 Å². The highest BCUT2D eigenvalue weighted by atomic mass is 35.5. The largest absolute Gasteiger partial charge is 0.325 e. The average molecular weight is 389 g/mol. The molecule has 1 unspecified atom stereocenters. The van der Waals surface area contributed by atoms with E-state index in [2.05, 4.69) is 5.32 Å². The minimum absolute atomic E-state index is 0.109. The Bertz CT molecular complexity index is 856. The Kier molecular flexibility index (Phi) is 4.91. The quantitative estimate of drug-likeness (QED) is 0.873. The van der Waals surface area contributed by atoms with Crippen molar-refractivity contribution in [3.8, 4) is 0 Å². The highest BCUT2D eigenvalue weighted by Crippen LogP contribution is 2.29. The number of thiophene rings is 1. The van der Waals surface area contributed by atoms with Crippen molar-refractivity contribution in [3.63, 3.8) is 0 Å². The van der Waals surface area contributed by atoms with Gasteiger partial charge in [0.2, 0.25) is 5.91 Å². The molecule has 0 bridgehead atoms. The fourth-order valence-electron chi connectivity index (χ4n) is 2.62. The summed E-state index contributed by atoms with van der Waals surface area (Å²) in [5, 5.41) is 4.18. The lowest BCUT2D eigenvalue weighted by atomic mass is 10.2. The second kappa shape index (κ2) is 6.79. The lowest BCUT2D eigenvalue weighted by Crippen LogP contribution is -2.42. The van der Waals surface area contributed by atoms with Gasteiger partial charge in [-0.3, -0.25) is 4.79 Å². The molecular formula is C15H14ClFN2O3S2. The van der Waals surface area contributed by atoms with Crippen molar-refractivity contribution >= 4 is 44.6 Å². The van der Waals surface area contributed by atoms with Crippen LogP contribution < -0.4 is 5.32 Å². The number of hydrogen-bond donors (Lipinski definition) is 1. The second-order valence-electron chi connectivity index (χ2n) is 5.32. The van der Waals surface area contributed by atoms with Gasteiger partial charge < -0.3 is 5.32 Å². The van der Waals surface area contributed by atoms with E-state index in [-0.39, 0.29) is 9.23 Å². The van der Waals surface area contributed by atoms with Crippen LogP contribution in [-0.2, 0) is 14.8 Å². The van der Waals surface area contributed by atoms with Gasteiger partial charge in [0.05, 0.1) is 5.02 Å². The van der Waals surface area contributed by atoms with Gasteiger partial charge in [-0.1, -0.05) is 17.7 Å². The maximum Gasteiger partial charge on any atom is 0.253 e. The van der Waals surface area contributed by atoms with Crippen LogP contribution in [0.4, 0.5) is 10.1 Å². The molecule has 1 aliphatic rings. The average Bonchev–Trinajstić information content (AvgIpc) is 3.22. The smallest absolute Gasteiger partial charge is 0.253 e. The van der Waals surface area contributed by atoms with Crippen molar-refractivity contribution < 1.29 is 17.6 Å². The molecule has 1 saturated heterocycles. The first-order valence-electron chi connectivity index (χ1n) is 7.21. The molecule has 1 aromatic heterocycles. The Morgan fingerprint density at radius 1 is 1.38 bits per heavy atom. The predicted octanol–water partition coefficient (Wildman–Crippen LogP) is 3.33. The maximum atomic E-state index is 13.2. The van der Waals surface area contributed by atoms with Crippen LogP contribution in [-0.4, -0.2) is 31.2 Å². The lowest BCUT2D eigenvalue weighted by molar-refractivity contribution is -0.119. The van der Waals surface area contributed by atoms with Crippen molar-refractivity contribution in [1.82, 2.24) is 4.31 Å². The van der Waals surface area contributed by atoms with Crippen LogP contribution in [0.15, 0.2) is 39.9 Å². The number of rotatable bonds is 4. The molecule has 3 rings (SSSR count). The number of amides is 1. The molecule has 9 heteroatoms. The molecule has 2 aromatic rings. The highest BCUT2D eigenvalue weighted by molar-refractivity contribution is 7.91. The van der Waals surface area contributed by atoms with Crippen LogP contribution in [0.1, 0.15) is 12.8 Å². The van der Waals surface area contributed by atoms with Gasteiger partial charge in [0.15, 0.2) is 0 Å². The third-order valence-corrected chi connectivity index (χ3v) is 7.32. The maximum absolute atomic E-state index is 13.2. The van der Waals surface area contributed by atoms with Gasteiger partial charge in [-0.2, -0.15) is 4.31 Å². The highest BCUT2D eigenvalue weighted by Gasteiger charge is 2.39. The second-order valence-corrected chi connectivity index (χ2v) is 8.80. The van der Waals surface area contributed by atoms with Gasteiger partial charge in [-0.25, -0.2) is 12.8 Å². The number of nitrogens with zero attached hydrogens (tertiary/aromatic N) is 1. The Labute approximate surface area is 148 Å². The molecule has 0 radical (unpaired) electrons. The Hall–Kier alpha value is -1.48. The Morgan fingerprint density at radius 3 is 2.83 bits per heavy atom. The predicted molar refractivity (Wildman–Crippen MR) is 91.3 cm³/mol. The number of benzene rings is 1. The SMILES string of the molecule is O=C(Nc1ccc(F)c(Cl)c1)C1CCCN1S(=O)(=O)c1cccs1. The summed E-state index contributed by atoms with van der Waals surface area (Å²) in [4.78, 5) is 12.5. The van der Waals surface area contributed by atoms with Crippen LogP contribution in [0.25, 0.3) is 0 Å². The molecule has 5 nitrogen and oxygen atoms in total. The summed E-state index contributed by atoms with van der Waals surface area (Å²) < 4.78 is 39.9. The van der Waals surface area contributed by atoms with Crippen LogP contribution in [0.5, 0.6) is 0 Å². The van der Waals surface area contributed by atoms with Crippen molar-refractivity contribution in [3.05, 3.63) is 46.6 Å². The van der Waals surface area contributed by atoms with E-state index < -0.39 is 27.8 Å². The number of carbonyl (C=O) groups is 1. The molecule has 128 valence electrons. The summed E-state index contributed by atoms with van der Waals surface area (Å²) in [6.07, 6.45) is 1.04. The molecule has 2 heterocycles. The van der Waals surface area contributed by atoms with Crippen molar-refractivity contribution in [1.29, 1.82) is 0 Å².